The highest BCUT2D eigenvalue weighted by atomic mass is 32.1. The van der Waals surface area contributed by atoms with Crippen molar-refractivity contribution in [1.82, 2.24) is 0 Å². The minimum absolute atomic E-state index is 0.0736. The van der Waals surface area contributed by atoms with E-state index in [0.717, 1.165) is 6.42 Å². The maximum absolute atomic E-state index is 5.49. The topological polar surface area (TPSA) is 27.7 Å². The quantitative estimate of drug-likeness (QED) is 0.134. The summed E-state index contributed by atoms with van der Waals surface area (Å²) in [5.41, 5.74) is 0. The second-order valence-corrected chi connectivity index (χ2v) is 11.7. The molecule has 0 heterocycles. The Morgan fingerprint density at radius 3 is 1.19 bits per heavy atom. The monoisotopic (exact) mass is 406 g/mol. The van der Waals surface area contributed by atoms with Gasteiger partial charge in [0.1, 0.15) is 0 Å². The molecule has 5 heteroatoms. The minimum atomic E-state index is -2.56. The molecular formula is C21H46O3SSi. The maximum Gasteiger partial charge on any atom is 0.513 e. The predicted molar refractivity (Wildman–Crippen MR) is 119 cm³/mol. The number of rotatable bonds is 20. The van der Waals surface area contributed by atoms with Crippen LogP contribution in [0.3, 0.4) is 0 Å². The molecule has 0 amide bonds. The lowest BCUT2D eigenvalue weighted by Gasteiger charge is -2.29. The number of hydrogen-bond acceptors (Lipinski definition) is 4. The normalized spacial score (nSPS) is 13.3. The summed E-state index contributed by atoms with van der Waals surface area (Å²) in [6.07, 6.45) is 21.8. The number of unbranched alkanes of at least 4 members (excludes halogenated alkanes) is 14. The summed E-state index contributed by atoms with van der Waals surface area (Å²) in [5.74, 6) is 0. The van der Waals surface area contributed by atoms with Gasteiger partial charge in [-0.3, -0.25) is 0 Å². The molecule has 0 aromatic heterocycles. The van der Waals surface area contributed by atoms with E-state index in [1.165, 1.54) is 96.3 Å². The van der Waals surface area contributed by atoms with Crippen molar-refractivity contribution in [2.24, 2.45) is 0 Å². The van der Waals surface area contributed by atoms with Crippen LogP contribution in [0.5, 0.6) is 0 Å². The fourth-order valence-electron chi connectivity index (χ4n) is 3.54. The summed E-state index contributed by atoms with van der Waals surface area (Å²) < 4.78 is 16.5. The number of thiol groups is 1. The maximum atomic E-state index is 5.49. The van der Waals surface area contributed by atoms with Crippen LogP contribution in [-0.4, -0.2) is 35.0 Å². The van der Waals surface area contributed by atoms with Crippen LogP contribution in [0.2, 0.25) is 0 Å². The van der Waals surface area contributed by atoms with Crippen LogP contribution in [-0.2, 0) is 13.3 Å². The van der Waals surface area contributed by atoms with E-state index in [9.17, 15) is 0 Å². The molecule has 0 aromatic carbocycles. The zero-order valence-corrected chi connectivity index (χ0v) is 20.0. The van der Waals surface area contributed by atoms with Crippen molar-refractivity contribution in [2.45, 2.75) is 115 Å². The standard InChI is InChI=1S/C21H46O3SSi/c1-5-6-7-8-9-10-11-12-13-14-15-16-17-18-19-20-21(25)26(22-2,23-3)24-4/h21,25H,5-20H2,1-4H3. The van der Waals surface area contributed by atoms with E-state index in [4.69, 9.17) is 13.3 Å². The van der Waals surface area contributed by atoms with Crippen LogP contribution in [0, 0.1) is 0 Å². The molecule has 0 aliphatic carbocycles. The van der Waals surface area contributed by atoms with Gasteiger partial charge in [0.2, 0.25) is 0 Å². The molecule has 0 aromatic rings. The molecule has 1 unspecified atom stereocenters. The molecule has 0 saturated heterocycles. The Morgan fingerprint density at radius 2 is 0.885 bits per heavy atom. The highest BCUT2D eigenvalue weighted by Crippen LogP contribution is 2.23. The van der Waals surface area contributed by atoms with E-state index < -0.39 is 8.80 Å². The molecule has 0 radical (unpaired) electrons. The van der Waals surface area contributed by atoms with Gasteiger partial charge in [-0.2, -0.15) is 12.6 Å². The lowest BCUT2D eigenvalue weighted by Crippen LogP contribution is -2.52. The van der Waals surface area contributed by atoms with Gasteiger partial charge in [-0.15, -0.1) is 0 Å². The van der Waals surface area contributed by atoms with E-state index in [0.29, 0.717) is 0 Å². The Bertz CT molecular complexity index is 280. The zero-order chi connectivity index (χ0) is 19.5. The second kappa shape index (κ2) is 18.8. The summed E-state index contributed by atoms with van der Waals surface area (Å²) >= 11 is 4.66. The van der Waals surface area contributed by atoms with Gasteiger partial charge < -0.3 is 13.3 Å². The van der Waals surface area contributed by atoms with Crippen LogP contribution >= 0.6 is 12.6 Å². The molecule has 0 aliphatic heterocycles. The van der Waals surface area contributed by atoms with Crippen LogP contribution in [0.1, 0.15) is 110 Å². The van der Waals surface area contributed by atoms with Crippen molar-refractivity contribution >= 4 is 21.4 Å². The summed E-state index contributed by atoms with van der Waals surface area (Å²) in [5, 5.41) is 0. The summed E-state index contributed by atoms with van der Waals surface area (Å²) in [7, 11) is 2.42. The van der Waals surface area contributed by atoms with Crippen molar-refractivity contribution in [1.29, 1.82) is 0 Å². The van der Waals surface area contributed by atoms with Crippen LogP contribution in [0.15, 0.2) is 0 Å². The van der Waals surface area contributed by atoms with Crippen LogP contribution in [0.4, 0.5) is 0 Å². The first kappa shape index (κ1) is 26.4. The third kappa shape index (κ3) is 12.8. The average Bonchev–Trinajstić information content (AvgIpc) is 2.66. The molecule has 26 heavy (non-hydrogen) atoms. The fraction of sp³-hybridized carbons (Fsp3) is 1.00. The molecule has 0 saturated carbocycles. The van der Waals surface area contributed by atoms with Gasteiger partial charge in [0.25, 0.3) is 0 Å². The van der Waals surface area contributed by atoms with Gasteiger partial charge in [0.15, 0.2) is 0 Å². The molecule has 0 spiro atoms. The Hall–Kier alpha value is 0.447. The first-order valence-corrected chi connectivity index (χ1v) is 13.3. The molecular weight excluding hydrogens is 360 g/mol. The third-order valence-corrected chi connectivity index (χ3v) is 9.36. The molecule has 158 valence electrons. The average molecular weight is 407 g/mol. The molecule has 1 atom stereocenters. The SMILES string of the molecule is CCCCCCCCCCCCCCCCCC(S)[Si](OC)(OC)OC. The Labute approximate surface area is 170 Å². The fourth-order valence-corrected chi connectivity index (χ4v) is 6.55. The molecule has 0 bridgehead atoms. The van der Waals surface area contributed by atoms with Gasteiger partial charge in [-0.25, -0.2) is 0 Å². The van der Waals surface area contributed by atoms with E-state index in [-0.39, 0.29) is 4.87 Å². The molecule has 3 nitrogen and oxygen atoms in total. The Balaban J connectivity index is 3.36. The van der Waals surface area contributed by atoms with Crippen molar-refractivity contribution < 1.29 is 13.3 Å². The molecule has 0 aliphatic rings. The van der Waals surface area contributed by atoms with Gasteiger partial charge >= 0.3 is 8.80 Å². The van der Waals surface area contributed by atoms with Crippen molar-refractivity contribution in [2.75, 3.05) is 21.3 Å². The lowest BCUT2D eigenvalue weighted by atomic mass is 10.0. The van der Waals surface area contributed by atoms with Gasteiger partial charge in [0, 0.05) is 21.3 Å². The molecule has 0 rings (SSSR count). The van der Waals surface area contributed by atoms with E-state index in [1.54, 1.807) is 21.3 Å². The van der Waals surface area contributed by atoms with Crippen molar-refractivity contribution in [3.05, 3.63) is 0 Å². The largest absolute Gasteiger partial charge is 0.513 e. The van der Waals surface area contributed by atoms with Crippen molar-refractivity contribution in [3.63, 3.8) is 0 Å². The highest BCUT2D eigenvalue weighted by molar-refractivity contribution is 7.83. The summed E-state index contributed by atoms with van der Waals surface area (Å²) in [4.78, 5) is 0.0736. The Kier molecular flexibility index (Phi) is 19.1. The smallest absolute Gasteiger partial charge is 0.376 e. The first-order valence-electron chi connectivity index (χ1n) is 11.0. The van der Waals surface area contributed by atoms with Crippen molar-refractivity contribution in [3.8, 4) is 0 Å². The van der Waals surface area contributed by atoms with E-state index in [2.05, 4.69) is 19.6 Å². The second-order valence-electron chi connectivity index (χ2n) is 7.47. The summed E-state index contributed by atoms with van der Waals surface area (Å²) in [6.45, 7) is 2.28. The first-order chi connectivity index (χ1) is 12.7. The predicted octanol–water partition coefficient (Wildman–Crippen LogP) is 6.96. The number of hydrogen-bond donors (Lipinski definition) is 1. The highest BCUT2D eigenvalue weighted by Gasteiger charge is 2.44. The third-order valence-electron chi connectivity index (χ3n) is 5.34. The minimum Gasteiger partial charge on any atom is -0.376 e. The molecule has 0 N–H and O–H groups in total. The van der Waals surface area contributed by atoms with E-state index >= 15 is 0 Å². The van der Waals surface area contributed by atoms with Gasteiger partial charge in [-0.05, 0) is 6.42 Å². The van der Waals surface area contributed by atoms with Crippen LogP contribution < -0.4 is 0 Å². The van der Waals surface area contributed by atoms with E-state index in [1.807, 2.05) is 0 Å². The van der Waals surface area contributed by atoms with Crippen LogP contribution in [0.25, 0.3) is 0 Å². The zero-order valence-electron chi connectivity index (χ0n) is 18.1. The van der Waals surface area contributed by atoms with Gasteiger partial charge in [-0.1, -0.05) is 103 Å². The van der Waals surface area contributed by atoms with Gasteiger partial charge in [0.05, 0.1) is 4.87 Å². The molecule has 0 fully saturated rings. The Morgan fingerprint density at radius 1 is 0.577 bits per heavy atom. The lowest BCUT2D eigenvalue weighted by molar-refractivity contribution is 0.120. The summed E-state index contributed by atoms with van der Waals surface area (Å²) in [6, 6.07) is 0.